The number of hydrogen-bond acceptors (Lipinski definition) is 4. The van der Waals surface area contributed by atoms with Crippen molar-refractivity contribution >= 4 is 45.5 Å². The summed E-state index contributed by atoms with van der Waals surface area (Å²) >= 11 is 0. The summed E-state index contributed by atoms with van der Waals surface area (Å²) in [6, 6.07) is 152. The molecule has 3 aliphatic carbocycles. The molecule has 0 amide bonds. The highest BCUT2D eigenvalue weighted by Crippen LogP contribution is 2.54. The van der Waals surface area contributed by atoms with Crippen molar-refractivity contribution in [1.82, 2.24) is 0 Å². The molecule has 580 valence electrons. The third kappa shape index (κ3) is 15.7. The third-order valence-electron chi connectivity index (χ3n) is 24.9. The normalized spacial score (nSPS) is 12.8. The zero-order valence-electron chi connectivity index (χ0n) is 69.7. The van der Waals surface area contributed by atoms with Gasteiger partial charge in [-0.1, -0.05) is 363 Å². The average Bonchev–Trinajstić information content (AvgIpc) is 1.58. The molecule has 0 saturated carbocycles. The van der Waals surface area contributed by atoms with Crippen molar-refractivity contribution in [3.8, 4) is 100 Å². The van der Waals surface area contributed by atoms with Crippen molar-refractivity contribution in [2.24, 2.45) is 0 Å². The summed E-state index contributed by atoms with van der Waals surface area (Å²) in [6.45, 7) is 14.0. The van der Waals surface area contributed by atoms with Crippen LogP contribution < -0.4 is 19.6 Å². The first-order chi connectivity index (χ1) is 57.9. The van der Waals surface area contributed by atoms with Gasteiger partial charge in [-0.05, 0) is 237 Å². The molecule has 0 unspecified atom stereocenters. The smallest absolute Gasteiger partial charge is 0.0411 e. The largest absolute Gasteiger partial charge is 0.345 e. The van der Waals surface area contributed by atoms with Crippen LogP contribution in [-0.4, -0.2) is 28.2 Å². The Morgan fingerprint density at radius 1 is 0.134 bits per heavy atom. The molecule has 0 radical (unpaired) electrons. The Morgan fingerprint density at radius 3 is 0.588 bits per heavy atom. The lowest BCUT2D eigenvalue weighted by Crippen LogP contribution is -2.16. The summed E-state index contributed by atoms with van der Waals surface area (Å²) in [5.41, 5.74) is 41.2. The summed E-state index contributed by atoms with van der Waals surface area (Å²) in [5, 5.41) is 0. The Balaban J connectivity index is 0.000000115. The Hall–Kier alpha value is -14.1. The van der Waals surface area contributed by atoms with Crippen LogP contribution in [0.25, 0.3) is 100 Å². The lowest BCUT2D eigenvalue weighted by Gasteiger charge is -2.25. The molecular formula is C115H100N4. The van der Waals surface area contributed by atoms with Crippen molar-refractivity contribution in [1.29, 1.82) is 0 Å². The molecule has 4 heteroatoms. The van der Waals surface area contributed by atoms with Crippen LogP contribution in [0.4, 0.5) is 45.5 Å². The van der Waals surface area contributed by atoms with Gasteiger partial charge < -0.3 is 19.6 Å². The Labute approximate surface area is 704 Å². The highest BCUT2D eigenvalue weighted by Gasteiger charge is 2.39. The van der Waals surface area contributed by atoms with Gasteiger partial charge in [-0.25, -0.2) is 0 Å². The fourth-order valence-corrected chi connectivity index (χ4v) is 17.7. The zero-order valence-corrected chi connectivity index (χ0v) is 69.7. The van der Waals surface area contributed by atoms with Crippen molar-refractivity contribution in [2.45, 2.75) is 57.8 Å². The Morgan fingerprint density at radius 2 is 0.303 bits per heavy atom. The summed E-state index contributed by atoms with van der Waals surface area (Å²) in [5.74, 6) is 0. The van der Waals surface area contributed by atoms with E-state index in [1.165, 1.54) is 179 Å². The van der Waals surface area contributed by atoms with E-state index in [1.807, 2.05) is 12.1 Å². The van der Waals surface area contributed by atoms with Gasteiger partial charge in [0.05, 0.1) is 0 Å². The summed E-state index contributed by atoms with van der Waals surface area (Å²) in [7, 11) is 8.55. The SMILES string of the molecule is CN(c1ccc(-c2ccccc2)cc1)c1ccc(-c2ccc(-c3ccccc3)cc2)cc1.CN(c1ccc(-c2ccccc2)cc1)c1ccc2c(c1)C(C)(C)c1cc(-c3ccccc3)ccc1-2.CN(c1ccc(-c2ccccc2)cc1)c1ccc2c(c1)C(C)(C)c1ccccc1-2.CN(c1ccccc1)c1ccc2c(c1)C(C)(C)c1ccccc1-2. The van der Waals surface area contributed by atoms with Crippen molar-refractivity contribution in [3.05, 3.63) is 458 Å². The van der Waals surface area contributed by atoms with E-state index in [0.717, 1.165) is 0 Å². The number of fused-ring (bicyclic) bond motifs is 9. The van der Waals surface area contributed by atoms with Crippen LogP contribution in [-0.2, 0) is 16.2 Å². The maximum Gasteiger partial charge on any atom is 0.0411 e. The van der Waals surface area contributed by atoms with E-state index in [4.69, 9.17) is 0 Å². The van der Waals surface area contributed by atoms with E-state index in [2.05, 4.69) is 502 Å². The van der Waals surface area contributed by atoms with Gasteiger partial charge in [0.2, 0.25) is 0 Å². The van der Waals surface area contributed by atoms with Gasteiger partial charge in [-0.3, -0.25) is 0 Å². The van der Waals surface area contributed by atoms with E-state index in [9.17, 15) is 0 Å². The molecule has 20 rings (SSSR count). The highest BCUT2D eigenvalue weighted by atomic mass is 15.1. The second-order valence-electron chi connectivity index (χ2n) is 33.1. The minimum Gasteiger partial charge on any atom is -0.345 e. The maximum absolute atomic E-state index is 2.39. The first kappa shape index (κ1) is 77.5. The molecule has 0 saturated heterocycles. The van der Waals surface area contributed by atoms with Crippen LogP contribution in [0.1, 0.15) is 74.9 Å². The maximum atomic E-state index is 2.39. The van der Waals surface area contributed by atoms with Gasteiger partial charge >= 0.3 is 0 Å². The molecule has 17 aromatic rings. The second-order valence-corrected chi connectivity index (χ2v) is 33.1. The second kappa shape index (κ2) is 33.3. The van der Waals surface area contributed by atoms with Gasteiger partial charge in [0.1, 0.15) is 0 Å². The highest BCUT2D eigenvalue weighted by molar-refractivity contribution is 5.88. The lowest BCUT2D eigenvalue weighted by molar-refractivity contribution is 0.660. The minimum absolute atomic E-state index is 0.0277. The standard InChI is InChI=1S/C34H29N.C31H25N.C28H25N.C22H21N/c1-34(2)32-22-27(25-12-8-5-9-13-25)16-20-30(32)31-21-19-29(23-33(31)34)35(3)28-17-14-26(15-18-28)24-10-6-4-7-11-24;1-32(30-20-16-28(17-21-30)25-10-6-3-7-11-25)31-22-18-29(19-23-31)27-14-12-26(13-15-27)24-8-4-2-5-9-24;1-28(2)26-12-8-7-11-24(26)25-18-17-23(19-27(25)28)29(3)22-15-13-21(14-16-22)20-9-5-4-6-10-20;1-22(2)20-12-8-7-11-18(20)19-14-13-17(15-21(19)22)23(3)16-9-5-4-6-10-16/h4-23H,1-3H3;2-23H,1H3;4-19H,1-3H3;4-15H,1-3H3. The molecule has 0 aliphatic heterocycles. The topological polar surface area (TPSA) is 13.0 Å². The minimum atomic E-state index is -0.0521. The molecule has 0 atom stereocenters. The first-order valence-corrected chi connectivity index (χ1v) is 41.5. The number of anilines is 8. The Bertz CT molecular complexity index is 6360. The molecule has 0 fully saturated rings. The molecule has 0 bridgehead atoms. The molecule has 0 heterocycles. The molecule has 3 aliphatic rings. The number of para-hydroxylation sites is 1. The monoisotopic (exact) mass is 1540 g/mol. The first-order valence-electron chi connectivity index (χ1n) is 41.5. The van der Waals surface area contributed by atoms with E-state index in [1.54, 1.807) is 0 Å². The van der Waals surface area contributed by atoms with Crippen molar-refractivity contribution < 1.29 is 0 Å². The van der Waals surface area contributed by atoms with Gasteiger partial charge in [0.15, 0.2) is 0 Å². The molecule has 119 heavy (non-hydrogen) atoms. The van der Waals surface area contributed by atoms with Crippen LogP contribution in [0, 0.1) is 0 Å². The van der Waals surface area contributed by atoms with Crippen molar-refractivity contribution in [3.63, 3.8) is 0 Å². The summed E-state index contributed by atoms with van der Waals surface area (Å²) in [4.78, 5) is 9.02. The molecule has 4 nitrogen and oxygen atoms in total. The van der Waals surface area contributed by atoms with E-state index >= 15 is 0 Å². The average molecular weight is 1540 g/mol. The number of nitrogens with zero attached hydrogens (tertiary/aromatic N) is 4. The van der Waals surface area contributed by atoms with Crippen LogP contribution in [0.2, 0.25) is 0 Å². The predicted octanol–water partition coefficient (Wildman–Crippen LogP) is 30.7. The lowest BCUT2D eigenvalue weighted by atomic mass is 9.81. The molecular weight excluding hydrogens is 1440 g/mol. The van der Waals surface area contributed by atoms with E-state index < -0.39 is 0 Å². The van der Waals surface area contributed by atoms with Crippen LogP contribution in [0.15, 0.2) is 425 Å². The fourth-order valence-electron chi connectivity index (χ4n) is 17.7. The molecule has 0 aromatic heterocycles. The number of hydrogen-bond donors (Lipinski definition) is 0. The fraction of sp³-hybridized carbons (Fsp3) is 0.113. The molecule has 0 spiro atoms. The van der Waals surface area contributed by atoms with Crippen molar-refractivity contribution in [2.75, 3.05) is 47.8 Å². The third-order valence-corrected chi connectivity index (χ3v) is 24.9. The van der Waals surface area contributed by atoms with E-state index in [0.29, 0.717) is 0 Å². The predicted molar refractivity (Wildman–Crippen MR) is 509 cm³/mol. The van der Waals surface area contributed by atoms with Gasteiger partial charge in [-0.15, -0.1) is 0 Å². The van der Waals surface area contributed by atoms with Gasteiger partial charge in [0.25, 0.3) is 0 Å². The van der Waals surface area contributed by atoms with Crippen LogP contribution in [0.3, 0.4) is 0 Å². The summed E-state index contributed by atoms with van der Waals surface area (Å²) in [6.07, 6.45) is 0. The van der Waals surface area contributed by atoms with Gasteiger partial charge in [-0.2, -0.15) is 0 Å². The molecule has 0 N–H and O–H groups in total. The zero-order chi connectivity index (χ0) is 81.8. The van der Waals surface area contributed by atoms with E-state index in [-0.39, 0.29) is 16.2 Å². The molecule has 17 aromatic carbocycles. The van der Waals surface area contributed by atoms with Crippen LogP contribution in [0.5, 0.6) is 0 Å². The summed E-state index contributed by atoms with van der Waals surface area (Å²) < 4.78 is 0. The van der Waals surface area contributed by atoms with Crippen LogP contribution >= 0.6 is 0 Å². The number of benzene rings is 17. The number of rotatable bonds is 14. The Kier molecular flexibility index (Phi) is 21.7. The quantitative estimate of drug-likeness (QED) is 0.108. The van der Waals surface area contributed by atoms with Gasteiger partial charge in [0, 0.05) is 89.9 Å².